The first-order valence-electron chi connectivity index (χ1n) is 13.7. The second-order valence-electron chi connectivity index (χ2n) is 9.75. The second kappa shape index (κ2) is 18.7. The highest BCUT2D eigenvalue weighted by molar-refractivity contribution is 5.93. The molecule has 224 valence electrons. The molecule has 12 nitrogen and oxygen atoms in total. The number of aliphatic hydroxyl groups excluding tert-OH is 4. The van der Waals surface area contributed by atoms with Crippen molar-refractivity contribution < 1.29 is 58.9 Å². The van der Waals surface area contributed by atoms with Gasteiger partial charge in [-0.1, -0.05) is 64.0 Å². The van der Waals surface area contributed by atoms with Crippen LogP contribution in [-0.2, 0) is 33.4 Å². The standard InChI is InChI=1S/C27H44O12/c1-2-3-4-10-13-19(31)14-11-8-6-5-7-9-12-15-20(23(32)33)27(18-30)26(36)38-21(16-28)24(34)37-22(17-29)25(35)39-27/h8,11,19-22,28-31H,2-7,9-10,12-18H2,1H3,(H,32,33)/b11-8-. The van der Waals surface area contributed by atoms with Crippen molar-refractivity contribution in [3.63, 3.8) is 0 Å². The third-order valence-electron chi connectivity index (χ3n) is 6.67. The Hall–Kier alpha value is -2.54. The van der Waals surface area contributed by atoms with Gasteiger partial charge in [-0.2, -0.15) is 0 Å². The Balaban J connectivity index is 2.69. The number of esters is 3. The number of aliphatic carboxylic acids is 1. The first-order chi connectivity index (χ1) is 18.7. The maximum absolute atomic E-state index is 12.9. The maximum Gasteiger partial charge on any atom is 0.354 e. The molecule has 5 atom stereocenters. The highest BCUT2D eigenvalue weighted by Gasteiger charge is 2.56. The average Bonchev–Trinajstić information content (AvgIpc) is 2.95. The summed E-state index contributed by atoms with van der Waals surface area (Å²) in [5.41, 5.74) is -2.71. The number of rotatable bonds is 19. The van der Waals surface area contributed by atoms with Crippen LogP contribution in [0.5, 0.6) is 0 Å². The molecule has 5 N–H and O–H groups in total. The van der Waals surface area contributed by atoms with Crippen LogP contribution < -0.4 is 0 Å². The van der Waals surface area contributed by atoms with Gasteiger partial charge in [0.15, 0.2) is 0 Å². The molecule has 0 aromatic rings. The number of carbonyl (C=O) groups is 4. The zero-order chi connectivity index (χ0) is 29.3. The molecule has 1 aliphatic heterocycles. The van der Waals surface area contributed by atoms with Crippen molar-refractivity contribution >= 4 is 23.9 Å². The van der Waals surface area contributed by atoms with Crippen LogP contribution in [0.4, 0.5) is 0 Å². The molecule has 0 radical (unpaired) electrons. The molecule has 1 saturated heterocycles. The molecule has 0 aromatic heterocycles. The number of cyclic esters (lactones) is 3. The Morgan fingerprint density at radius 1 is 0.872 bits per heavy atom. The lowest BCUT2D eigenvalue weighted by Crippen LogP contribution is -2.57. The summed E-state index contributed by atoms with van der Waals surface area (Å²) in [6, 6.07) is 0. The normalized spacial score (nSPS) is 23.8. The molecule has 39 heavy (non-hydrogen) atoms. The molecule has 1 rings (SSSR count). The number of hydrogen-bond acceptors (Lipinski definition) is 11. The van der Waals surface area contributed by atoms with Crippen LogP contribution in [0, 0.1) is 5.92 Å². The van der Waals surface area contributed by atoms with Crippen molar-refractivity contribution in [1.82, 2.24) is 0 Å². The Labute approximate surface area is 228 Å². The molecule has 5 unspecified atom stereocenters. The lowest BCUT2D eigenvalue weighted by atomic mass is 9.83. The molecule has 0 spiro atoms. The molecule has 0 aliphatic carbocycles. The van der Waals surface area contributed by atoms with Crippen molar-refractivity contribution in [2.45, 2.75) is 108 Å². The zero-order valence-electron chi connectivity index (χ0n) is 22.7. The number of allylic oxidation sites excluding steroid dienone is 1. The van der Waals surface area contributed by atoms with Crippen molar-refractivity contribution in [1.29, 1.82) is 0 Å². The molecule has 12 heteroatoms. The summed E-state index contributed by atoms with van der Waals surface area (Å²) < 4.78 is 14.7. The summed E-state index contributed by atoms with van der Waals surface area (Å²) in [6.07, 6.45) is 8.76. The van der Waals surface area contributed by atoms with E-state index in [2.05, 4.69) is 6.92 Å². The van der Waals surface area contributed by atoms with E-state index in [1.54, 1.807) is 0 Å². The number of carboxylic acids is 1. The zero-order valence-corrected chi connectivity index (χ0v) is 22.7. The third kappa shape index (κ3) is 11.2. The summed E-state index contributed by atoms with van der Waals surface area (Å²) >= 11 is 0. The maximum atomic E-state index is 12.9. The van der Waals surface area contributed by atoms with Crippen LogP contribution in [0.15, 0.2) is 12.2 Å². The Morgan fingerprint density at radius 2 is 1.49 bits per heavy atom. The second-order valence-corrected chi connectivity index (χ2v) is 9.75. The van der Waals surface area contributed by atoms with Crippen molar-refractivity contribution in [3.8, 4) is 0 Å². The van der Waals surface area contributed by atoms with E-state index in [-0.39, 0.29) is 12.5 Å². The number of carboxylic acid groups (broad SMARTS) is 1. The van der Waals surface area contributed by atoms with Crippen molar-refractivity contribution in [2.75, 3.05) is 19.8 Å². The van der Waals surface area contributed by atoms with Gasteiger partial charge in [0.1, 0.15) is 5.92 Å². The van der Waals surface area contributed by atoms with Crippen molar-refractivity contribution in [3.05, 3.63) is 12.2 Å². The quantitative estimate of drug-likeness (QED) is 0.0660. The van der Waals surface area contributed by atoms with Crippen LogP contribution in [-0.4, -0.2) is 93.1 Å². The molecule has 1 aliphatic rings. The summed E-state index contributed by atoms with van der Waals surface area (Å²) in [5.74, 6) is -7.56. The summed E-state index contributed by atoms with van der Waals surface area (Å²) in [7, 11) is 0. The third-order valence-corrected chi connectivity index (χ3v) is 6.67. The van der Waals surface area contributed by atoms with E-state index >= 15 is 0 Å². The molecular weight excluding hydrogens is 516 g/mol. The molecule has 1 fully saturated rings. The predicted octanol–water partition coefficient (Wildman–Crippen LogP) is 1.40. The molecule has 0 saturated carbocycles. The van der Waals surface area contributed by atoms with E-state index < -0.39 is 67.4 Å². The van der Waals surface area contributed by atoms with Gasteiger partial charge in [-0.25, -0.2) is 14.4 Å². The Morgan fingerprint density at radius 3 is 2.10 bits per heavy atom. The fourth-order valence-corrected chi connectivity index (χ4v) is 4.29. The molecule has 0 amide bonds. The van der Waals surface area contributed by atoms with Crippen LogP contribution in [0.25, 0.3) is 0 Å². The lowest BCUT2D eigenvalue weighted by Gasteiger charge is -2.34. The number of ether oxygens (including phenoxy) is 3. The van der Waals surface area contributed by atoms with E-state index in [4.69, 9.17) is 14.2 Å². The molecular formula is C27H44O12. The lowest BCUT2D eigenvalue weighted by molar-refractivity contribution is -0.204. The van der Waals surface area contributed by atoms with Crippen LogP contribution in [0.3, 0.4) is 0 Å². The first-order valence-corrected chi connectivity index (χ1v) is 13.7. The predicted molar refractivity (Wildman–Crippen MR) is 137 cm³/mol. The van der Waals surface area contributed by atoms with Gasteiger partial charge in [0.25, 0.3) is 0 Å². The van der Waals surface area contributed by atoms with Gasteiger partial charge in [-0.15, -0.1) is 0 Å². The average molecular weight is 561 g/mol. The van der Waals surface area contributed by atoms with E-state index in [0.29, 0.717) is 19.3 Å². The number of unbranched alkanes of at least 4 members (excludes halogenated alkanes) is 7. The van der Waals surface area contributed by atoms with Gasteiger partial charge in [0.05, 0.1) is 25.9 Å². The SMILES string of the molecule is CCCCCCC(O)C/C=C\CCCCCCC(C(=O)O)C1(CO)OC(=O)C(CO)OC(=O)C(CO)OC1=O. The van der Waals surface area contributed by atoms with E-state index in [1.165, 1.54) is 6.42 Å². The monoisotopic (exact) mass is 560 g/mol. The van der Waals surface area contributed by atoms with Crippen LogP contribution in [0.1, 0.15) is 84.0 Å². The van der Waals surface area contributed by atoms with Crippen molar-refractivity contribution in [2.24, 2.45) is 5.92 Å². The smallest absolute Gasteiger partial charge is 0.354 e. The molecule has 0 bridgehead atoms. The summed E-state index contributed by atoms with van der Waals surface area (Å²) in [5, 5.41) is 48.7. The fourth-order valence-electron chi connectivity index (χ4n) is 4.29. The van der Waals surface area contributed by atoms with Crippen LogP contribution in [0.2, 0.25) is 0 Å². The number of hydrogen-bond donors (Lipinski definition) is 5. The van der Waals surface area contributed by atoms with Gasteiger partial charge in [-0.05, 0) is 32.1 Å². The minimum absolute atomic E-state index is 0.166. The largest absolute Gasteiger partial charge is 0.481 e. The van der Waals surface area contributed by atoms with Gasteiger partial charge >= 0.3 is 23.9 Å². The number of aliphatic hydroxyl groups is 4. The first kappa shape index (κ1) is 34.5. The summed E-state index contributed by atoms with van der Waals surface area (Å²) in [6.45, 7) is -1.21. The van der Waals surface area contributed by atoms with E-state index in [1.807, 2.05) is 12.2 Å². The van der Waals surface area contributed by atoms with Gasteiger partial charge in [0.2, 0.25) is 17.8 Å². The van der Waals surface area contributed by atoms with E-state index in [9.17, 15) is 44.7 Å². The highest BCUT2D eigenvalue weighted by atomic mass is 16.7. The summed E-state index contributed by atoms with van der Waals surface area (Å²) in [4.78, 5) is 49.6. The number of carbonyl (C=O) groups excluding carboxylic acids is 3. The highest BCUT2D eigenvalue weighted by Crippen LogP contribution is 2.32. The topological polar surface area (TPSA) is 197 Å². The molecule has 0 aromatic carbocycles. The van der Waals surface area contributed by atoms with Crippen LogP contribution >= 0.6 is 0 Å². The van der Waals surface area contributed by atoms with Gasteiger partial charge in [-0.3, -0.25) is 4.79 Å². The van der Waals surface area contributed by atoms with E-state index in [0.717, 1.165) is 44.9 Å². The minimum Gasteiger partial charge on any atom is -0.481 e. The fraction of sp³-hybridized carbons (Fsp3) is 0.778. The Bertz CT molecular complexity index is 796. The minimum atomic E-state index is -2.71. The Kier molecular flexibility index (Phi) is 16.5. The molecule has 1 heterocycles. The van der Waals surface area contributed by atoms with Gasteiger partial charge < -0.3 is 39.7 Å². The van der Waals surface area contributed by atoms with Gasteiger partial charge in [0, 0.05) is 0 Å².